The third-order valence-corrected chi connectivity index (χ3v) is 6.98. The quantitative estimate of drug-likeness (QED) is 0.721. The van der Waals surface area contributed by atoms with E-state index in [9.17, 15) is 13.2 Å². The van der Waals surface area contributed by atoms with Crippen LogP contribution < -0.4 is 4.90 Å². The summed E-state index contributed by atoms with van der Waals surface area (Å²) in [7, 11) is -3.39. The van der Waals surface area contributed by atoms with E-state index in [0.717, 1.165) is 51.6 Å². The van der Waals surface area contributed by atoms with Crippen molar-refractivity contribution in [3.63, 3.8) is 0 Å². The van der Waals surface area contributed by atoms with E-state index >= 15 is 0 Å². The zero-order valence-electron chi connectivity index (χ0n) is 16.2. The van der Waals surface area contributed by atoms with Crippen molar-refractivity contribution in [2.45, 2.75) is 44.6 Å². The van der Waals surface area contributed by atoms with Gasteiger partial charge in [-0.2, -0.15) is 4.31 Å². The van der Waals surface area contributed by atoms with E-state index < -0.39 is 10.0 Å². The number of sulfonamides is 1. The van der Waals surface area contributed by atoms with E-state index in [4.69, 9.17) is 0 Å². The van der Waals surface area contributed by atoms with Gasteiger partial charge in [0, 0.05) is 37.9 Å². The van der Waals surface area contributed by atoms with Crippen LogP contribution in [0.25, 0.3) is 0 Å². The van der Waals surface area contributed by atoms with Gasteiger partial charge in [-0.25, -0.2) is 8.42 Å². The number of para-hydroxylation sites is 1. The molecule has 0 unspecified atom stereocenters. The first-order chi connectivity index (χ1) is 12.9. The largest absolute Gasteiger partial charge is 0.368 e. The van der Waals surface area contributed by atoms with Crippen molar-refractivity contribution in [3.8, 4) is 0 Å². The number of benzene rings is 1. The minimum Gasteiger partial charge on any atom is -0.368 e. The fourth-order valence-corrected chi connectivity index (χ4v) is 5.25. The van der Waals surface area contributed by atoms with Crippen LogP contribution >= 0.6 is 0 Å². The molecule has 7 heteroatoms. The van der Waals surface area contributed by atoms with Crippen molar-refractivity contribution in [1.29, 1.82) is 0 Å². The van der Waals surface area contributed by atoms with Crippen molar-refractivity contribution < 1.29 is 13.2 Å². The molecule has 2 fully saturated rings. The van der Waals surface area contributed by atoms with Gasteiger partial charge < -0.3 is 9.80 Å². The van der Waals surface area contributed by atoms with Crippen molar-refractivity contribution in [2.24, 2.45) is 0 Å². The molecule has 0 N–H and O–H groups in total. The lowest BCUT2D eigenvalue weighted by atomic mass is 10.1. The molecule has 3 rings (SSSR count). The summed E-state index contributed by atoms with van der Waals surface area (Å²) < 4.78 is 26.2. The van der Waals surface area contributed by atoms with Gasteiger partial charge in [0.1, 0.15) is 0 Å². The summed E-state index contributed by atoms with van der Waals surface area (Å²) in [6.07, 6.45) is 7.36. The first-order valence-corrected chi connectivity index (χ1v) is 11.8. The van der Waals surface area contributed by atoms with E-state index in [1.54, 1.807) is 0 Å². The van der Waals surface area contributed by atoms with Gasteiger partial charge in [-0.05, 0) is 25.0 Å². The number of hydrogen-bond donors (Lipinski definition) is 0. The average Bonchev–Trinajstić information content (AvgIpc) is 2.95. The minimum atomic E-state index is -3.39. The monoisotopic (exact) mass is 393 g/mol. The minimum absolute atomic E-state index is 0.0190. The SMILES string of the molecule is CS(=O)(=O)N(CC(=O)N1CCN(c2ccccc2)CC1)C1CCCCCC1. The Morgan fingerprint density at radius 1 is 1.00 bits per heavy atom. The Morgan fingerprint density at radius 3 is 2.15 bits per heavy atom. The van der Waals surface area contributed by atoms with Crippen LogP contribution in [-0.2, 0) is 14.8 Å². The molecule has 1 aliphatic heterocycles. The first-order valence-electron chi connectivity index (χ1n) is 10.00. The first kappa shape index (κ1) is 20.1. The predicted molar refractivity (Wildman–Crippen MR) is 108 cm³/mol. The number of hydrogen-bond acceptors (Lipinski definition) is 4. The number of carbonyl (C=O) groups excluding carboxylic acids is 1. The molecule has 150 valence electrons. The van der Waals surface area contributed by atoms with E-state index in [-0.39, 0.29) is 18.5 Å². The van der Waals surface area contributed by atoms with Gasteiger partial charge in [-0.3, -0.25) is 4.79 Å². The Morgan fingerprint density at radius 2 is 1.59 bits per heavy atom. The summed E-state index contributed by atoms with van der Waals surface area (Å²) in [6.45, 7) is 2.80. The maximum absolute atomic E-state index is 12.8. The smallest absolute Gasteiger partial charge is 0.238 e. The van der Waals surface area contributed by atoms with Gasteiger partial charge in [0.15, 0.2) is 0 Å². The third-order valence-electron chi connectivity index (χ3n) is 5.70. The molecule has 2 aliphatic rings. The van der Waals surface area contributed by atoms with Gasteiger partial charge in [0.05, 0.1) is 12.8 Å². The number of piperazine rings is 1. The summed E-state index contributed by atoms with van der Waals surface area (Å²) in [5, 5.41) is 0. The number of anilines is 1. The lowest BCUT2D eigenvalue weighted by Crippen LogP contribution is -2.53. The Hall–Kier alpha value is -1.60. The Kier molecular flexibility index (Phi) is 6.76. The van der Waals surface area contributed by atoms with E-state index in [2.05, 4.69) is 17.0 Å². The Bertz CT molecular complexity index is 707. The summed E-state index contributed by atoms with van der Waals surface area (Å²) in [6, 6.07) is 10.2. The normalized spacial score (nSPS) is 19.9. The highest BCUT2D eigenvalue weighted by molar-refractivity contribution is 7.88. The van der Waals surface area contributed by atoms with Gasteiger partial charge in [0.2, 0.25) is 15.9 Å². The van der Waals surface area contributed by atoms with Crippen molar-refractivity contribution in [1.82, 2.24) is 9.21 Å². The molecule has 1 saturated carbocycles. The lowest BCUT2D eigenvalue weighted by molar-refractivity contribution is -0.132. The van der Waals surface area contributed by atoms with Crippen LogP contribution in [0.1, 0.15) is 38.5 Å². The molecule has 0 atom stereocenters. The van der Waals surface area contributed by atoms with Gasteiger partial charge in [-0.15, -0.1) is 0 Å². The van der Waals surface area contributed by atoms with Crippen molar-refractivity contribution in [2.75, 3.05) is 43.9 Å². The highest BCUT2D eigenvalue weighted by Crippen LogP contribution is 2.24. The van der Waals surface area contributed by atoms with E-state index in [1.165, 1.54) is 16.2 Å². The zero-order valence-corrected chi connectivity index (χ0v) is 17.0. The number of amides is 1. The fraction of sp³-hybridized carbons (Fsp3) is 0.650. The average molecular weight is 394 g/mol. The molecule has 1 aromatic rings. The van der Waals surface area contributed by atoms with Crippen LogP contribution in [0.3, 0.4) is 0 Å². The summed E-state index contributed by atoms with van der Waals surface area (Å²) >= 11 is 0. The molecule has 0 bridgehead atoms. The van der Waals surface area contributed by atoms with Crippen LogP contribution in [0.15, 0.2) is 30.3 Å². The van der Waals surface area contributed by atoms with Gasteiger partial charge >= 0.3 is 0 Å². The second-order valence-corrected chi connectivity index (χ2v) is 9.59. The molecule has 1 heterocycles. The highest BCUT2D eigenvalue weighted by atomic mass is 32.2. The third kappa shape index (κ3) is 5.45. The maximum atomic E-state index is 12.8. The molecule has 6 nitrogen and oxygen atoms in total. The zero-order chi connectivity index (χ0) is 19.3. The van der Waals surface area contributed by atoms with Gasteiger partial charge in [-0.1, -0.05) is 43.9 Å². The van der Waals surface area contributed by atoms with E-state index in [0.29, 0.717) is 13.1 Å². The summed E-state index contributed by atoms with van der Waals surface area (Å²) in [5.41, 5.74) is 1.17. The van der Waals surface area contributed by atoms with Crippen LogP contribution in [0.5, 0.6) is 0 Å². The number of carbonyl (C=O) groups is 1. The Labute approximate surface area is 163 Å². The van der Waals surface area contributed by atoms with Crippen LogP contribution in [0, 0.1) is 0 Å². The standard InChI is InChI=1S/C20H31N3O3S/c1-27(25,26)23(19-11-5-2-3-6-12-19)17-20(24)22-15-13-21(14-16-22)18-9-7-4-8-10-18/h4,7-10,19H,2-3,5-6,11-17H2,1H3. The maximum Gasteiger partial charge on any atom is 0.238 e. The van der Waals surface area contributed by atoms with Crippen molar-refractivity contribution >= 4 is 21.6 Å². The fourth-order valence-electron chi connectivity index (χ4n) is 4.15. The molecule has 0 aromatic heterocycles. The van der Waals surface area contributed by atoms with Crippen LogP contribution in [0.4, 0.5) is 5.69 Å². The number of rotatable bonds is 5. The Balaban J connectivity index is 1.59. The molecular weight excluding hydrogens is 362 g/mol. The molecule has 1 saturated heterocycles. The van der Waals surface area contributed by atoms with Crippen LogP contribution in [-0.4, -0.2) is 68.6 Å². The highest BCUT2D eigenvalue weighted by Gasteiger charge is 2.31. The topological polar surface area (TPSA) is 60.9 Å². The lowest BCUT2D eigenvalue weighted by Gasteiger charge is -2.37. The molecule has 1 amide bonds. The van der Waals surface area contributed by atoms with Crippen LogP contribution in [0.2, 0.25) is 0 Å². The molecule has 1 aliphatic carbocycles. The molecule has 0 radical (unpaired) electrons. The second kappa shape index (κ2) is 9.06. The molecule has 27 heavy (non-hydrogen) atoms. The van der Waals surface area contributed by atoms with E-state index in [1.807, 2.05) is 23.1 Å². The summed E-state index contributed by atoms with van der Waals surface area (Å²) in [5.74, 6) is -0.0719. The number of nitrogens with zero attached hydrogens (tertiary/aromatic N) is 3. The second-order valence-electron chi connectivity index (χ2n) is 7.66. The molecule has 1 aromatic carbocycles. The molecule has 0 spiro atoms. The summed E-state index contributed by atoms with van der Waals surface area (Å²) in [4.78, 5) is 16.9. The van der Waals surface area contributed by atoms with Gasteiger partial charge in [0.25, 0.3) is 0 Å². The molecular formula is C20H31N3O3S. The van der Waals surface area contributed by atoms with Crippen molar-refractivity contribution in [3.05, 3.63) is 30.3 Å². The predicted octanol–water partition coefficient (Wildman–Crippen LogP) is 2.32.